The number of aromatic nitrogens is 3. The van der Waals surface area contributed by atoms with Crippen molar-refractivity contribution < 1.29 is 9.90 Å². The van der Waals surface area contributed by atoms with Crippen LogP contribution in [-0.2, 0) is 4.79 Å². The van der Waals surface area contributed by atoms with Crippen LogP contribution in [0.4, 0.5) is 0 Å². The van der Waals surface area contributed by atoms with Gasteiger partial charge in [0, 0.05) is 17.2 Å². The van der Waals surface area contributed by atoms with Crippen molar-refractivity contribution in [2.75, 3.05) is 5.75 Å². The summed E-state index contributed by atoms with van der Waals surface area (Å²) in [4.78, 5) is 12.5. The van der Waals surface area contributed by atoms with Crippen LogP contribution in [0.3, 0.4) is 0 Å². The zero-order valence-electron chi connectivity index (χ0n) is 19.0. The summed E-state index contributed by atoms with van der Waals surface area (Å²) in [5, 5.41) is 23.8. The highest BCUT2D eigenvalue weighted by Crippen LogP contribution is 2.35. The number of carbonyl (C=O) groups excluding carboxylic acids is 1. The van der Waals surface area contributed by atoms with Gasteiger partial charge in [-0.05, 0) is 38.8 Å². The fraction of sp³-hybridized carbons (Fsp3) is 0.360. The first kappa shape index (κ1) is 23.0. The SMILES string of the molecule is C/C(=N\NC(=O)CSc1nnc(-c2ccc(C)cc2)n1C1CCCCC1)c1ccccc1O. The number of carbonyl (C=O) groups is 1. The lowest BCUT2D eigenvalue weighted by Crippen LogP contribution is -2.22. The van der Waals surface area contributed by atoms with Crippen molar-refractivity contribution in [3.8, 4) is 17.1 Å². The molecule has 33 heavy (non-hydrogen) atoms. The van der Waals surface area contributed by atoms with Gasteiger partial charge in [-0.15, -0.1) is 10.2 Å². The van der Waals surface area contributed by atoms with Crippen LogP contribution in [0.5, 0.6) is 5.75 Å². The van der Waals surface area contributed by atoms with Gasteiger partial charge in [-0.2, -0.15) is 5.10 Å². The second-order valence-electron chi connectivity index (χ2n) is 8.37. The molecule has 1 aliphatic rings. The van der Waals surface area contributed by atoms with Crippen LogP contribution in [-0.4, -0.2) is 37.2 Å². The molecular weight excluding hydrogens is 434 g/mol. The number of amides is 1. The molecule has 7 nitrogen and oxygen atoms in total. The van der Waals surface area contributed by atoms with Gasteiger partial charge in [-0.1, -0.05) is 73.0 Å². The molecule has 1 saturated carbocycles. The van der Waals surface area contributed by atoms with Crippen LogP contribution in [0.1, 0.15) is 56.2 Å². The highest BCUT2D eigenvalue weighted by molar-refractivity contribution is 7.99. The Bertz CT molecular complexity index is 1130. The lowest BCUT2D eigenvalue weighted by atomic mass is 9.95. The van der Waals surface area contributed by atoms with E-state index in [1.807, 2.05) is 6.07 Å². The molecule has 0 aliphatic heterocycles. The number of aryl methyl sites for hydroxylation is 1. The van der Waals surface area contributed by atoms with Crippen LogP contribution in [0, 0.1) is 6.92 Å². The van der Waals surface area contributed by atoms with E-state index < -0.39 is 0 Å². The number of phenols is 1. The lowest BCUT2D eigenvalue weighted by molar-refractivity contribution is -0.118. The van der Waals surface area contributed by atoms with Crippen LogP contribution < -0.4 is 5.43 Å². The number of hydrogen-bond donors (Lipinski definition) is 2. The van der Waals surface area contributed by atoms with Gasteiger partial charge < -0.3 is 5.11 Å². The van der Waals surface area contributed by atoms with Crippen molar-refractivity contribution in [2.45, 2.75) is 57.1 Å². The molecule has 4 rings (SSSR count). The van der Waals surface area contributed by atoms with Gasteiger partial charge in [0.15, 0.2) is 11.0 Å². The molecule has 0 unspecified atom stereocenters. The Hall–Kier alpha value is -3.13. The first-order valence-corrected chi connectivity index (χ1v) is 12.3. The molecule has 172 valence electrons. The molecule has 0 saturated heterocycles. The minimum absolute atomic E-state index is 0.131. The fourth-order valence-corrected chi connectivity index (χ4v) is 4.89. The first-order valence-electron chi connectivity index (χ1n) is 11.3. The van der Waals surface area contributed by atoms with E-state index in [1.165, 1.54) is 36.6 Å². The minimum Gasteiger partial charge on any atom is -0.507 e. The Morgan fingerprint density at radius 3 is 2.58 bits per heavy atom. The van der Waals surface area contributed by atoms with Crippen molar-refractivity contribution in [3.05, 3.63) is 59.7 Å². The van der Waals surface area contributed by atoms with Crippen molar-refractivity contribution in [2.24, 2.45) is 5.10 Å². The normalized spacial score (nSPS) is 14.9. The minimum atomic E-state index is -0.232. The van der Waals surface area contributed by atoms with Crippen molar-refractivity contribution in [1.82, 2.24) is 20.2 Å². The number of thioether (sulfide) groups is 1. The van der Waals surface area contributed by atoms with Crippen LogP contribution in [0.25, 0.3) is 11.4 Å². The number of hydrazone groups is 1. The maximum absolute atomic E-state index is 12.5. The van der Waals surface area contributed by atoms with E-state index in [9.17, 15) is 9.90 Å². The Kier molecular flexibility index (Phi) is 7.44. The molecular formula is C25H29N5O2S. The number of phenolic OH excluding ortho intramolecular Hbond substituents is 1. The first-order chi connectivity index (χ1) is 16.0. The van der Waals surface area contributed by atoms with Crippen LogP contribution in [0.2, 0.25) is 0 Å². The van der Waals surface area contributed by atoms with E-state index in [0.717, 1.165) is 29.4 Å². The molecule has 1 heterocycles. The van der Waals surface area contributed by atoms with Gasteiger partial charge in [0.2, 0.25) is 0 Å². The molecule has 0 atom stereocenters. The van der Waals surface area contributed by atoms with E-state index in [0.29, 0.717) is 17.3 Å². The van der Waals surface area contributed by atoms with E-state index in [4.69, 9.17) is 0 Å². The standard InChI is InChI=1S/C25H29N5O2S/c1-17-12-14-19(15-13-17)24-28-29-25(30(24)20-8-4-3-5-9-20)33-16-23(32)27-26-18(2)21-10-6-7-11-22(21)31/h6-7,10-15,20,31H,3-5,8-9,16H2,1-2H3,(H,27,32)/b26-18+. The highest BCUT2D eigenvalue weighted by atomic mass is 32.2. The molecule has 0 radical (unpaired) electrons. The van der Waals surface area contributed by atoms with Crippen LogP contribution >= 0.6 is 11.8 Å². The summed E-state index contributed by atoms with van der Waals surface area (Å²) in [6, 6.07) is 15.6. The summed E-state index contributed by atoms with van der Waals surface area (Å²) >= 11 is 1.38. The van der Waals surface area contributed by atoms with E-state index in [-0.39, 0.29) is 17.4 Å². The van der Waals surface area contributed by atoms with Crippen molar-refractivity contribution in [1.29, 1.82) is 0 Å². The average molecular weight is 464 g/mol. The van der Waals surface area contributed by atoms with Gasteiger partial charge in [-0.3, -0.25) is 9.36 Å². The van der Waals surface area contributed by atoms with E-state index in [2.05, 4.69) is 56.5 Å². The zero-order chi connectivity index (χ0) is 23.2. The van der Waals surface area contributed by atoms with Crippen molar-refractivity contribution in [3.63, 3.8) is 0 Å². The summed E-state index contributed by atoms with van der Waals surface area (Å²) in [7, 11) is 0. The summed E-state index contributed by atoms with van der Waals surface area (Å²) in [6.45, 7) is 3.81. The largest absolute Gasteiger partial charge is 0.507 e. The predicted molar refractivity (Wildman–Crippen MR) is 132 cm³/mol. The molecule has 3 aromatic rings. The predicted octanol–water partition coefficient (Wildman–Crippen LogP) is 5.10. The second kappa shape index (κ2) is 10.7. The molecule has 1 amide bonds. The number of para-hydroxylation sites is 1. The van der Waals surface area contributed by atoms with Crippen molar-refractivity contribution >= 4 is 23.4 Å². The van der Waals surface area contributed by atoms with Gasteiger partial charge in [0.25, 0.3) is 5.91 Å². The number of nitrogens with zero attached hydrogens (tertiary/aromatic N) is 4. The third-order valence-corrected chi connectivity index (χ3v) is 6.83. The molecule has 1 fully saturated rings. The quantitative estimate of drug-likeness (QED) is 0.289. The number of nitrogens with one attached hydrogen (secondary N) is 1. The maximum Gasteiger partial charge on any atom is 0.250 e. The Morgan fingerprint density at radius 2 is 1.85 bits per heavy atom. The maximum atomic E-state index is 12.5. The topological polar surface area (TPSA) is 92.4 Å². The van der Waals surface area contributed by atoms with E-state index in [1.54, 1.807) is 25.1 Å². The van der Waals surface area contributed by atoms with Gasteiger partial charge in [0.1, 0.15) is 5.75 Å². The number of benzene rings is 2. The molecule has 1 aliphatic carbocycles. The van der Waals surface area contributed by atoms with Gasteiger partial charge in [-0.25, -0.2) is 5.43 Å². The second-order valence-corrected chi connectivity index (χ2v) is 9.31. The molecule has 8 heteroatoms. The monoisotopic (exact) mass is 463 g/mol. The number of hydrogen-bond acceptors (Lipinski definition) is 6. The Balaban J connectivity index is 1.48. The lowest BCUT2D eigenvalue weighted by Gasteiger charge is -2.25. The molecule has 0 spiro atoms. The highest BCUT2D eigenvalue weighted by Gasteiger charge is 2.24. The third-order valence-electron chi connectivity index (χ3n) is 5.89. The zero-order valence-corrected chi connectivity index (χ0v) is 19.8. The smallest absolute Gasteiger partial charge is 0.250 e. The summed E-state index contributed by atoms with van der Waals surface area (Å²) in [5.41, 5.74) is 5.95. The number of aromatic hydroxyl groups is 1. The molecule has 1 aromatic heterocycles. The van der Waals surface area contributed by atoms with Gasteiger partial charge in [0.05, 0.1) is 11.5 Å². The van der Waals surface area contributed by atoms with Gasteiger partial charge >= 0.3 is 0 Å². The molecule has 2 aromatic carbocycles. The summed E-state index contributed by atoms with van der Waals surface area (Å²) < 4.78 is 2.22. The Labute approximate surface area is 198 Å². The molecule has 0 bridgehead atoms. The molecule has 2 N–H and O–H groups in total. The average Bonchev–Trinajstić information content (AvgIpc) is 3.26. The third kappa shape index (κ3) is 5.63. The van der Waals surface area contributed by atoms with E-state index >= 15 is 0 Å². The van der Waals surface area contributed by atoms with Crippen LogP contribution in [0.15, 0.2) is 58.8 Å². The summed E-state index contributed by atoms with van der Waals surface area (Å²) in [6.07, 6.45) is 5.85. The number of rotatable bonds is 7. The fourth-order valence-electron chi connectivity index (χ4n) is 4.09. The summed E-state index contributed by atoms with van der Waals surface area (Å²) in [5.74, 6) is 0.936. The Morgan fingerprint density at radius 1 is 1.12 bits per heavy atom.